The van der Waals surface area contributed by atoms with Crippen LogP contribution < -0.4 is 4.74 Å². The molecule has 5 nitrogen and oxygen atoms in total. The van der Waals surface area contributed by atoms with Gasteiger partial charge in [-0.1, -0.05) is 15.9 Å². The van der Waals surface area contributed by atoms with Crippen molar-refractivity contribution in [3.63, 3.8) is 0 Å². The highest BCUT2D eigenvalue weighted by atomic mass is 79.9. The Labute approximate surface area is 152 Å². The van der Waals surface area contributed by atoms with Crippen molar-refractivity contribution in [2.24, 2.45) is 0 Å². The molecule has 1 saturated heterocycles. The monoisotopic (exact) mass is 460 g/mol. The number of nitrogens with zero attached hydrogens (tertiary/aromatic N) is 2. The average Bonchev–Trinajstić information content (AvgIpc) is 2.99. The van der Waals surface area contributed by atoms with Crippen molar-refractivity contribution in [2.45, 2.75) is 17.4 Å². The van der Waals surface area contributed by atoms with Crippen molar-refractivity contribution in [2.75, 3.05) is 13.1 Å². The zero-order valence-corrected chi connectivity index (χ0v) is 16.0. The molecule has 2 aromatic rings. The molecule has 0 N–H and O–H groups in total. The van der Waals surface area contributed by atoms with Gasteiger partial charge in [0.2, 0.25) is 15.9 Å². The van der Waals surface area contributed by atoms with Crippen LogP contribution in [0.15, 0.2) is 56.4 Å². The predicted octanol–water partition coefficient (Wildman–Crippen LogP) is 3.45. The van der Waals surface area contributed by atoms with Crippen LogP contribution in [0.5, 0.6) is 5.88 Å². The molecule has 1 aromatic heterocycles. The van der Waals surface area contributed by atoms with E-state index in [1.807, 2.05) is 6.07 Å². The van der Waals surface area contributed by atoms with Gasteiger partial charge in [0.15, 0.2) is 0 Å². The van der Waals surface area contributed by atoms with Gasteiger partial charge < -0.3 is 4.74 Å². The van der Waals surface area contributed by atoms with E-state index in [1.165, 1.54) is 4.31 Å². The molecule has 23 heavy (non-hydrogen) atoms. The third kappa shape index (κ3) is 3.93. The lowest BCUT2D eigenvalue weighted by Gasteiger charge is -2.17. The lowest BCUT2D eigenvalue weighted by molar-refractivity contribution is 0.207. The molecule has 0 radical (unpaired) electrons. The van der Waals surface area contributed by atoms with Crippen LogP contribution in [0, 0.1) is 0 Å². The number of sulfonamides is 1. The standard InChI is InChI=1S/C15H14Br2N2O3S/c16-11-1-4-14(5-2-11)23(20,21)19-8-7-13(10-19)22-15-6-3-12(17)9-18-15/h1-6,9,13H,7-8,10H2. The van der Waals surface area contributed by atoms with E-state index in [9.17, 15) is 8.42 Å². The van der Waals surface area contributed by atoms with Crippen LogP contribution in [-0.2, 0) is 10.0 Å². The smallest absolute Gasteiger partial charge is 0.243 e. The molecule has 0 aliphatic carbocycles. The van der Waals surface area contributed by atoms with Crippen molar-refractivity contribution in [3.05, 3.63) is 51.5 Å². The lowest BCUT2D eigenvalue weighted by Crippen LogP contribution is -2.31. The topological polar surface area (TPSA) is 59.5 Å². The lowest BCUT2D eigenvalue weighted by atomic mass is 10.3. The van der Waals surface area contributed by atoms with Crippen LogP contribution in [0.3, 0.4) is 0 Å². The first-order chi connectivity index (χ1) is 10.9. The Kier molecular flexibility index (Phi) is 5.05. The second-order valence-corrected chi connectivity index (χ2v) is 8.93. The van der Waals surface area contributed by atoms with Gasteiger partial charge in [-0.15, -0.1) is 0 Å². The van der Waals surface area contributed by atoms with Gasteiger partial charge in [0.05, 0.1) is 11.4 Å². The largest absolute Gasteiger partial charge is 0.473 e. The van der Waals surface area contributed by atoms with Crippen LogP contribution in [0.4, 0.5) is 0 Å². The number of benzene rings is 1. The van der Waals surface area contributed by atoms with Crippen LogP contribution in [0.1, 0.15) is 6.42 Å². The van der Waals surface area contributed by atoms with E-state index in [1.54, 1.807) is 36.5 Å². The minimum Gasteiger partial charge on any atom is -0.473 e. The third-order valence-corrected chi connectivity index (χ3v) is 6.42. The van der Waals surface area contributed by atoms with E-state index in [0.717, 1.165) is 8.95 Å². The molecule has 0 spiro atoms. The maximum atomic E-state index is 12.6. The summed E-state index contributed by atoms with van der Waals surface area (Å²) in [5, 5.41) is 0. The average molecular weight is 462 g/mol. The normalized spacial score (nSPS) is 19.0. The molecule has 0 bridgehead atoms. The Hall–Kier alpha value is -0.960. The number of pyridine rings is 1. The quantitative estimate of drug-likeness (QED) is 0.699. The van der Waals surface area contributed by atoms with Gasteiger partial charge in [-0.3, -0.25) is 0 Å². The summed E-state index contributed by atoms with van der Waals surface area (Å²) in [5.41, 5.74) is 0. The molecule has 0 amide bonds. The fourth-order valence-corrected chi connectivity index (χ4v) is 4.36. The molecule has 1 aliphatic rings. The van der Waals surface area contributed by atoms with E-state index >= 15 is 0 Å². The molecule has 3 rings (SSSR count). The Morgan fingerprint density at radius 3 is 2.43 bits per heavy atom. The highest BCUT2D eigenvalue weighted by Gasteiger charge is 2.33. The summed E-state index contributed by atoms with van der Waals surface area (Å²) in [4.78, 5) is 4.45. The minimum absolute atomic E-state index is 0.186. The van der Waals surface area contributed by atoms with Gasteiger partial charge in [-0.25, -0.2) is 13.4 Å². The fourth-order valence-electron chi connectivity index (χ4n) is 2.37. The molecule has 1 atom stereocenters. The summed E-state index contributed by atoms with van der Waals surface area (Å²) in [5.74, 6) is 0.501. The second kappa shape index (κ2) is 6.88. The van der Waals surface area contributed by atoms with Gasteiger partial charge in [0, 0.05) is 27.8 Å². The summed E-state index contributed by atoms with van der Waals surface area (Å²) >= 11 is 6.62. The fraction of sp³-hybridized carbons (Fsp3) is 0.267. The molecule has 1 fully saturated rings. The van der Waals surface area contributed by atoms with E-state index in [-0.39, 0.29) is 6.10 Å². The van der Waals surface area contributed by atoms with E-state index in [4.69, 9.17) is 4.74 Å². The number of aromatic nitrogens is 1. The zero-order chi connectivity index (χ0) is 16.4. The Morgan fingerprint density at radius 2 is 1.78 bits per heavy atom. The van der Waals surface area contributed by atoms with Crippen LogP contribution in [0.2, 0.25) is 0 Å². The zero-order valence-electron chi connectivity index (χ0n) is 12.0. The molecule has 2 heterocycles. The first-order valence-electron chi connectivity index (χ1n) is 6.99. The van der Waals surface area contributed by atoms with Gasteiger partial charge in [0.1, 0.15) is 6.10 Å². The highest BCUT2D eigenvalue weighted by Crippen LogP contribution is 2.25. The van der Waals surface area contributed by atoms with Crippen molar-refractivity contribution in [1.29, 1.82) is 0 Å². The molecule has 0 saturated carbocycles. The number of ether oxygens (including phenoxy) is 1. The first kappa shape index (κ1) is 16.9. The number of halogens is 2. The summed E-state index contributed by atoms with van der Waals surface area (Å²) < 4.78 is 34.2. The number of rotatable bonds is 4. The molecular weight excluding hydrogens is 448 g/mol. The van der Waals surface area contributed by atoms with E-state index in [2.05, 4.69) is 36.8 Å². The van der Waals surface area contributed by atoms with Crippen molar-refractivity contribution < 1.29 is 13.2 Å². The number of hydrogen-bond acceptors (Lipinski definition) is 4. The van der Waals surface area contributed by atoms with E-state index in [0.29, 0.717) is 30.3 Å². The first-order valence-corrected chi connectivity index (χ1v) is 10.0. The maximum absolute atomic E-state index is 12.6. The molecule has 1 aliphatic heterocycles. The molecule has 122 valence electrons. The Balaban J connectivity index is 1.69. The van der Waals surface area contributed by atoms with Crippen LogP contribution in [-0.4, -0.2) is 36.9 Å². The third-order valence-electron chi connectivity index (χ3n) is 3.55. The van der Waals surface area contributed by atoms with Crippen molar-refractivity contribution >= 4 is 41.9 Å². The predicted molar refractivity (Wildman–Crippen MR) is 93.9 cm³/mol. The molecule has 1 aromatic carbocycles. The SMILES string of the molecule is O=S(=O)(c1ccc(Br)cc1)N1CCC(Oc2ccc(Br)cn2)C1. The summed E-state index contributed by atoms with van der Waals surface area (Å²) in [6.07, 6.45) is 2.11. The van der Waals surface area contributed by atoms with Gasteiger partial charge in [-0.05, 0) is 52.7 Å². The van der Waals surface area contributed by atoms with Crippen LogP contribution >= 0.6 is 31.9 Å². The number of hydrogen-bond donors (Lipinski definition) is 0. The highest BCUT2D eigenvalue weighted by molar-refractivity contribution is 9.10. The van der Waals surface area contributed by atoms with Gasteiger partial charge >= 0.3 is 0 Å². The second-order valence-electron chi connectivity index (χ2n) is 5.16. The van der Waals surface area contributed by atoms with Gasteiger partial charge in [0.25, 0.3) is 0 Å². The molecular formula is C15H14Br2N2O3S. The summed E-state index contributed by atoms with van der Waals surface area (Å²) in [7, 11) is -3.48. The maximum Gasteiger partial charge on any atom is 0.243 e. The molecule has 1 unspecified atom stereocenters. The Morgan fingerprint density at radius 1 is 1.09 bits per heavy atom. The van der Waals surface area contributed by atoms with Gasteiger partial charge in [-0.2, -0.15) is 4.31 Å². The van der Waals surface area contributed by atoms with Crippen LogP contribution in [0.25, 0.3) is 0 Å². The summed E-state index contributed by atoms with van der Waals surface area (Å²) in [6.45, 7) is 0.774. The molecule has 8 heteroatoms. The van der Waals surface area contributed by atoms with Crippen molar-refractivity contribution in [3.8, 4) is 5.88 Å². The Bertz CT molecular complexity index is 779. The minimum atomic E-state index is -3.48. The van der Waals surface area contributed by atoms with Crippen molar-refractivity contribution in [1.82, 2.24) is 9.29 Å². The van der Waals surface area contributed by atoms with E-state index < -0.39 is 10.0 Å². The summed E-state index contributed by atoms with van der Waals surface area (Å²) in [6, 6.07) is 10.3.